The number of nitrogens with one attached hydrogen (secondary N) is 1. The summed E-state index contributed by atoms with van der Waals surface area (Å²) in [6.45, 7) is 3.02. The monoisotopic (exact) mass is 669 g/mol. The molecule has 0 fully saturated rings. The number of halogens is 3. The molecule has 0 aliphatic heterocycles. The highest BCUT2D eigenvalue weighted by atomic mass is 35.5. The minimum atomic E-state index is -4.34. The van der Waals surface area contributed by atoms with Crippen molar-refractivity contribution < 1.29 is 22.4 Å². The molecule has 45 heavy (non-hydrogen) atoms. The fourth-order valence-corrected chi connectivity index (χ4v) is 6.49. The maximum absolute atomic E-state index is 14.5. The van der Waals surface area contributed by atoms with Crippen molar-refractivity contribution >= 4 is 50.7 Å². The zero-order valence-corrected chi connectivity index (χ0v) is 27.2. The molecule has 0 unspecified atom stereocenters. The van der Waals surface area contributed by atoms with Gasteiger partial charge in [0.1, 0.15) is 18.4 Å². The SMILES string of the molecule is CC[C@@H](C)NC(=O)[C@H](Cc1ccccc1)N(Cc1ccccc1Cl)C(=O)CN(c1ccc(F)c(Cl)c1)S(=O)(=O)c1ccccc1. The minimum Gasteiger partial charge on any atom is -0.352 e. The van der Waals surface area contributed by atoms with Crippen LogP contribution >= 0.6 is 23.2 Å². The first-order valence-corrected chi connectivity index (χ1v) is 16.6. The third kappa shape index (κ3) is 8.63. The van der Waals surface area contributed by atoms with Crippen molar-refractivity contribution in [2.24, 2.45) is 0 Å². The number of sulfonamides is 1. The van der Waals surface area contributed by atoms with Gasteiger partial charge in [0.2, 0.25) is 11.8 Å². The summed E-state index contributed by atoms with van der Waals surface area (Å²) in [4.78, 5) is 29.6. The van der Waals surface area contributed by atoms with Gasteiger partial charge >= 0.3 is 0 Å². The van der Waals surface area contributed by atoms with Crippen molar-refractivity contribution in [3.63, 3.8) is 0 Å². The van der Waals surface area contributed by atoms with Gasteiger partial charge in [-0.25, -0.2) is 12.8 Å². The Labute approximate surface area is 273 Å². The van der Waals surface area contributed by atoms with E-state index in [-0.39, 0.29) is 34.6 Å². The normalized spacial score (nSPS) is 12.6. The van der Waals surface area contributed by atoms with Gasteiger partial charge < -0.3 is 10.2 Å². The molecule has 4 aromatic carbocycles. The van der Waals surface area contributed by atoms with Crippen LogP contribution in [0.25, 0.3) is 0 Å². The molecule has 0 heterocycles. The van der Waals surface area contributed by atoms with Gasteiger partial charge in [0, 0.05) is 24.0 Å². The number of hydrogen-bond donors (Lipinski definition) is 1. The predicted octanol–water partition coefficient (Wildman–Crippen LogP) is 6.88. The Kier molecular flexibility index (Phi) is 11.6. The maximum Gasteiger partial charge on any atom is 0.264 e. The molecular weight excluding hydrogens is 636 g/mol. The lowest BCUT2D eigenvalue weighted by Crippen LogP contribution is -2.54. The Hall–Kier alpha value is -3.92. The Balaban J connectivity index is 1.83. The van der Waals surface area contributed by atoms with E-state index in [4.69, 9.17) is 23.2 Å². The number of carbonyl (C=O) groups is 2. The van der Waals surface area contributed by atoms with Crippen LogP contribution in [0.15, 0.2) is 108 Å². The fourth-order valence-electron chi connectivity index (χ4n) is 4.69. The molecule has 0 saturated carbocycles. The number of anilines is 1. The van der Waals surface area contributed by atoms with Gasteiger partial charge in [0.25, 0.3) is 10.0 Å². The summed E-state index contributed by atoms with van der Waals surface area (Å²) in [6, 6.07) is 26.0. The van der Waals surface area contributed by atoms with Crippen molar-refractivity contribution in [1.82, 2.24) is 10.2 Å². The number of carbonyl (C=O) groups excluding carboxylic acids is 2. The van der Waals surface area contributed by atoms with E-state index in [1.807, 2.05) is 44.2 Å². The summed E-state index contributed by atoms with van der Waals surface area (Å²) in [5.41, 5.74) is 1.36. The van der Waals surface area contributed by atoms with Gasteiger partial charge in [-0.3, -0.25) is 13.9 Å². The van der Waals surface area contributed by atoms with Gasteiger partial charge in [0.15, 0.2) is 0 Å². The van der Waals surface area contributed by atoms with Gasteiger partial charge in [0.05, 0.1) is 15.6 Å². The first-order chi connectivity index (χ1) is 21.5. The topological polar surface area (TPSA) is 86.8 Å². The summed E-state index contributed by atoms with van der Waals surface area (Å²) in [5.74, 6) is -1.81. The van der Waals surface area contributed by atoms with Crippen molar-refractivity contribution in [2.45, 2.75) is 50.2 Å². The summed E-state index contributed by atoms with van der Waals surface area (Å²) >= 11 is 12.6. The van der Waals surface area contributed by atoms with Crippen LogP contribution in [0, 0.1) is 5.82 Å². The molecule has 0 spiro atoms. The second kappa shape index (κ2) is 15.4. The van der Waals surface area contributed by atoms with Gasteiger partial charge in [-0.2, -0.15) is 0 Å². The highest BCUT2D eigenvalue weighted by Gasteiger charge is 2.35. The number of amides is 2. The second-order valence-corrected chi connectivity index (χ2v) is 13.2. The number of nitrogens with zero attached hydrogens (tertiary/aromatic N) is 2. The van der Waals surface area contributed by atoms with E-state index in [2.05, 4.69) is 5.32 Å². The first kappa shape index (κ1) is 34.0. The van der Waals surface area contributed by atoms with Crippen LogP contribution in [0.5, 0.6) is 0 Å². The zero-order valence-electron chi connectivity index (χ0n) is 24.9. The summed E-state index contributed by atoms with van der Waals surface area (Å²) < 4.78 is 43.0. The molecule has 7 nitrogen and oxygen atoms in total. The highest BCUT2D eigenvalue weighted by molar-refractivity contribution is 7.92. The molecule has 1 N–H and O–H groups in total. The van der Waals surface area contributed by atoms with E-state index in [1.54, 1.807) is 42.5 Å². The van der Waals surface area contributed by atoms with Crippen LogP contribution in [0.2, 0.25) is 10.0 Å². The molecule has 0 radical (unpaired) electrons. The van der Waals surface area contributed by atoms with Crippen molar-refractivity contribution in [1.29, 1.82) is 0 Å². The largest absolute Gasteiger partial charge is 0.352 e. The van der Waals surface area contributed by atoms with Crippen LogP contribution < -0.4 is 9.62 Å². The number of benzene rings is 4. The molecular formula is C34H34Cl2FN3O4S. The van der Waals surface area contributed by atoms with Gasteiger partial charge in [-0.1, -0.05) is 96.9 Å². The first-order valence-electron chi connectivity index (χ1n) is 14.4. The third-order valence-electron chi connectivity index (χ3n) is 7.37. The lowest BCUT2D eigenvalue weighted by atomic mass is 10.0. The fraction of sp³-hybridized carbons (Fsp3) is 0.235. The number of rotatable bonds is 13. The van der Waals surface area contributed by atoms with Crippen molar-refractivity contribution in [3.05, 3.63) is 130 Å². The Bertz CT molecular complexity index is 1730. The standard InChI is InChI=1S/C34H34Cl2FN3O4S/c1-3-24(2)38-34(42)32(20-25-12-6-4-7-13-25)39(22-26-14-10-11-17-29(26)35)33(41)23-40(27-18-19-31(37)30(36)21-27)45(43,44)28-15-8-5-9-16-28/h4-19,21,24,32H,3,20,22-23H2,1-2H3,(H,38,42)/t24-,32+/m1/s1. The quantitative estimate of drug-likeness (QED) is 0.168. The van der Waals surface area contributed by atoms with Crippen LogP contribution in [-0.2, 0) is 32.6 Å². The zero-order chi connectivity index (χ0) is 32.6. The molecule has 0 bridgehead atoms. The van der Waals surface area contributed by atoms with Gasteiger partial charge in [-0.05, 0) is 60.9 Å². The molecule has 0 aliphatic rings. The van der Waals surface area contributed by atoms with Crippen LogP contribution in [0.1, 0.15) is 31.4 Å². The summed E-state index contributed by atoms with van der Waals surface area (Å²) in [7, 11) is -4.34. The van der Waals surface area contributed by atoms with Crippen LogP contribution in [0.4, 0.5) is 10.1 Å². The third-order valence-corrected chi connectivity index (χ3v) is 9.82. The lowest BCUT2D eigenvalue weighted by molar-refractivity contribution is -0.140. The number of hydrogen-bond acceptors (Lipinski definition) is 4. The molecule has 4 aromatic rings. The van der Waals surface area contributed by atoms with Gasteiger partial charge in [-0.15, -0.1) is 0 Å². The Morgan fingerprint density at radius 3 is 2.11 bits per heavy atom. The molecule has 0 aliphatic carbocycles. The molecule has 0 aromatic heterocycles. The van der Waals surface area contributed by atoms with E-state index >= 15 is 0 Å². The molecule has 0 saturated heterocycles. The van der Waals surface area contributed by atoms with Crippen LogP contribution in [0.3, 0.4) is 0 Å². The average molecular weight is 671 g/mol. The lowest BCUT2D eigenvalue weighted by Gasteiger charge is -2.34. The van der Waals surface area contributed by atoms with E-state index in [9.17, 15) is 22.4 Å². The summed E-state index contributed by atoms with van der Waals surface area (Å²) in [6.07, 6.45) is 0.823. The molecule has 2 atom stereocenters. The second-order valence-electron chi connectivity index (χ2n) is 10.6. The van der Waals surface area contributed by atoms with E-state index in [0.717, 1.165) is 22.0 Å². The Morgan fingerprint density at radius 1 is 0.867 bits per heavy atom. The minimum absolute atomic E-state index is 0.0139. The van der Waals surface area contributed by atoms with Crippen LogP contribution in [-0.4, -0.2) is 43.8 Å². The smallest absolute Gasteiger partial charge is 0.264 e. The predicted molar refractivity (Wildman–Crippen MR) is 176 cm³/mol. The van der Waals surface area contributed by atoms with E-state index in [1.165, 1.54) is 23.1 Å². The van der Waals surface area contributed by atoms with Crippen molar-refractivity contribution in [2.75, 3.05) is 10.8 Å². The van der Waals surface area contributed by atoms with E-state index < -0.39 is 40.2 Å². The maximum atomic E-state index is 14.5. The average Bonchev–Trinajstić information content (AvgIpc) is 3.04. The molecule has 2 amide bonds. The molecule has 236 valence electrons. The van der Waals surface area contributed by atoms with Crippen molar-refractivity contribution in [3.8, 4) is 0 Å². The Morgan fingerprint density at radius 2 is 1.49 bits per heavy atom. The summed E-state index contributed by atoms with van der Waals surface area (Å²) in [5, 5.41) is 3.06. The molecule has 11 heteroatoms. The van der Waals surface area contributed by atoms with E-state index in [0.29, 0.717) is 17.0 Å². The molecule has 4 rings (SSSR count). The highest BCUT2D eigenvalue weighted by Crippen LogP contribution is 2.29.